The van der Waals surface area contributed by atoms with Crippen LogP contribution in [0.3, 0.4) is 0 Å². The van der Waals surface area contributed by atoms with Gasteiger partial charge in [-0.25, -0.2) is 4.79 Å². The number of carbonyl (C=O) groups is 1. The smallest absolute Gasteiger partial charge is 0.327 e. The van der Waals surface area contributed by atoms with Crippen molar-refractivity contribution in [2.75, 3.05) is 33.3 Å². The Hall–Kier alpha value is -0.430. The Labute approximate surface area is 136 Å². The van der Waals surface area contributed by atoms with Gasteiger partial charge in [-0.2, -0.15) is 0 Å². The Morgan fingerprint density at radius 3 is 2.80 bits per heavy atom. The van der Waals surface area contributed by atoms with Crippen molar-refractivity contribution in [2.45, 2.75) is 12.5 Å². The highest BCUT2D eigenvalue weighted by Gasteiger charge is 2.29. The molecule has 20 heavy (non-hydrogen) atoms. The zero-order valence-electron chi connectivity index (χ0n) is 11.4. The summed E-state index contributed by atoms with van der Waals surface area (Å²) in [4.78, 5) is 14.4. The number of nitrogens with one attached hydrogen (secondary N) is 1. The van der Waals surface area contributed by atoms with Crippen molar-refractivity contribution in [3.63, 3.8) is 0 Å². The Morgan fingerprint density at radius 1 is 1.30 bits per heavy atom. The first-order chi connectivity index (χ1) is 9.63. The predicted octanol–water partition coefficient (Wildman–Crippen LogP) is 2.72. The maximum atomic E-state index is 12.2. The van der Waals surface area contributed by atoms with Gasteiger partial charge in [0, 0.05) is 28.6 Å². The molecule has 0 aliphatic carbocycles. The zero-order valence-corrected chi connectivity index (χ0v) is 14.5. The Morgan fingerprint density at radius 2 is 2.10 bits per heavy atom. The summed E-state index contributed by atoms with van der Waals surface area (Å²) in [6, 6.07) is 5.55. The number of rotatable bonds is 3. The van der Waals surface area contributed by atoms with Crippen molar-refractivity contribution in [1.29, 1.82) is 0 Å². The van der Waals surface area contributed by atoms with Gasteiger partial charge in [0.05, 0.1) is 7.11 Å². The summed E-state index contributed by atoms with van der Waals surface area (Å²) in [5.41, 5.74) is 0.953. The van der Waals surface area contributed by atoms with Gasteiger partial charge in [0.1, 0.15) is 6.04 Å². The first kappa shape index (κ1) is 15.9. The highest BCUT2D eigenvalue weighted by Crippen LogP contribution is 2.30. The van der Waals surface area contributed by atoms with E-state index < -0.39 is 0 Å². The molecule has 1 aliphatic rings. The molecule has 0 bridgehead atoms. The minimum Gasteiger partial charge on any atom is -0.468 e. The first-order valence-electron chi connectivity index (χ1n) is 6.61. The second-order valence-electron chi connectivity index (χ2n) is 4.74. The lowest BCUT2D eigenvalue weighted by Gasteiger charge is -2.28. The first-order valence-corrected chi connectivity index (χ1v) is 8.19. The molecule has 2 rings (SSSR count). The molecule has 4 nitrogen and oxygen atoms in total. The van der Waals surface area contributed by atoms with Gasteiger partial charge in [0.15, 0.2) is 0 Å². The molecule has 0 saturated carbocycles. The lowest BCUT2D eigenvalue weighted by molar-refractivity contribution is -0.147. The van der Waals surface area contributed by atoms with Crippen LogP contribution in [0.4, 0.5) is 0 Å². The molecule has 6 heteroatoms. The van der Waals surface area contributed by atoms with E-state index in [0.717, 1.165) is 47.1 Å². The molecule has 1 heterocycles. The van der Waals surface area contributed by atoms with Crippen LogP contribution in [0.25, 0.3) is 0 Å². The van der Waals surface area contributed by atoms with E-state index in [1.165, 1.54) is 7.11 Å². The third-order valence-electron chi connectivity index (χ3n) is 3.42. The van der Waals surface area contributed by atoms with Crippen molar-refractivity contribution >= 4 is 37.8 Å². The van der Waals surface area contributed by atoms with Gasteiger partial charge in [-0.1, -0.05) is 6.07 Å². The summed E-state index contributed by atoms with van der Waals surface area (Å²) in [6.07, 6.45) is 1.03. The van der Waals surface area contributed by atoms with Gasteiger partial charge >= 0.3 is 5.97 Å². The van der Waals surface area contributed by atoms with Crippen molar-refractivity contribution in [3.05, 3.63) is 32.7 Å². The number of nitrogens with zero attached hydrogens (tertiary/aromatic N) is 1. The lowest BCUT2D eigenvalue weighted by Crippen LogP contribution is -2.37. The van der Waals surface area contributed by atoms with Crippen LogP contribution in [0.2, 0.25) is 0 Å². The Bertz CT molecular complexity index is 474. The van der Waals surface area contributed by atoms with Crippen molar-refractivity contribution in [2.24, 2.45) is 0 Å². The average Bonchev–Trinajstić information content (AvgIpc) is 2.72. The third kappa shape index (κ3) is 3.81. The van der Waals surface area contributed by atoms with Gasteiger partial charge in [-0.15, -0.1) is 0 Å². The van der Waals surface area contributed by atoms with Crippen LogP contribution in [-0.2, 0) is 9.53 Å². The van der Waals surface area contributed by atoms with Crippen LogP contribution >= 0.6 is 31.9 Å². The van der Waals surface area contributed by atoms with Gasteiger partial charge in [0.2, 0.25) is 0 Å². The second kappa shape index (κ2) is 7.54. The monoisotopic (exact) mass is 404 g/mol. The summed E-state index contributed by atoms with van der Waals surface area (Å²) in [5, 5.41) is 3.35. The lowest BCUT2D eigenvalue weighted by atomic mass is 10.1. The van der Waals surface area contributed by atoms with Crippen molar-refractivity contribution in [3.8, 4) is 0 Å². The quantitative estimate of drug-likeness (QED) is 0.785. The van der Waals surface area contributed by atoms with Crippen LogP contribution in [0.1, 0.15) is 18.0 Å². The minimum atomic E-state index is -0.343. The molecule has 1 atom stereocenters. The minimum absolute atomic E-state index is 0.207. The molecule has 110 valence electrons. The molecular formula is C14H18Br2N2O2. The fourth-order valence-corrected chi connectivity index (χ4v) is 3.06. The molecule has 1 aromatic rings. The maximum Gasteiger partial charge on any atom is 0.327 e. The molecule has 1 N–H and O–H groups in total. The molecular weight excluding hydrogens is 388 g/mol. The number of esters is 1. The molecule has 1 aromatic carbocycles. The van der Waals surface area contributed by atoms with Gasteiger partial charge < -0.3 is 10.1 Å². The Balaban J connectivity index is 2.30. The predicted molar refractivity (Wildman–Crippen MR) is 85.7 cm³/mol. The molecule has 1 unspecified atom stereocenters. The van der Waals surface area contributed by atoms with E-state index in [1.54, 1.807) is 0 Å². The number of hydrogen-bond acceptors (Lipinski definition) is 4. The number of carbonyl (C=O) groups excluding carboxylic acids is 1. The topological polar surface area (TPSA) is 41.6 Å². The van der Waals surface area contributed by atoms with E-state index in [4.69, 9.17) is 4.74 Å². The number of hydrogen-bond donors (Lipinski definition) is 1. The second-order valence-corrected chi connectivity index (χ2v) is 6.45. The highest BCUT2D eigenvalue weighted by molar-refractivity contribution is 9.13. The molecule has 0 radical (unpaired) electrons. The van der Waals surface area contributed by atoms with Crippen LogP contribution in [-0.4, -0.2) is 44.2 Å². The fourth-order valence-electron chi connectivity index (χ4n) is 2.41. The summed E-state index contributed by atoms with van der Waals surface area (Å²) in [5.74, 6) is -0.207. The number of benzene rings is 1. The van der Waals surface area contributed by atoms with Crippen molar-refractivity contribution < 1.29 is 9.53 Å². The standard InChI is InChI=1S/C14H18Br2N2O2/c1-20-14(19)13(18-7-2-5-17-6-8-18)10-3-4-11(15)12(16)9-10/h3-4,9,13,17H,2,5-8H2,1H3. The van der Waals surface area contributed by atoms with Gasteiger partial charge in [-0.3, -0.25) is 4.90 Å². The molecule has 1 aliphatic heterocycles. The summed E-state index contributed by atoms with van der Waals surface area (Å²) in [6.45, 7) is 3.62. The van der Waals surface area contributed by atoms with Crippen LogP contribution < -0.4 is 5.32 Å². The fraction of sp³-hybridized carbons (Fsp3) is 0.500. The summed E-state index contributed by atoms with van der Waals surface area (Å²) in [7, 11) is 1.44. The van der Waals surface area contributed by atoms with Crippen LogP contribution in [0.5, 0.6) is 0 Å². The van der Waals surface area contributed by atoms with Gasteiger partial charge in [-0.05, 0) is 62.5 Å². The highest BCUT2D eigenvalue weighted by atomic mass is 79.9. The van der Waals surface area contributed by atoms with E-state index in [2.05, 4.69) is 42.1 Å². The SMILES string of the molecule is COC(=O)C(c1ccc(Br)c(Br)c1)N1CCCNCC1. The molecule has 0 spiro atoms. The van der Waals surface area contributed by atoms with E-state index >= 15 is 0 Å². The number of ether oxygens (including phenoxy) is 1. The third-order valence-corrected chi connectivity index (χ3v) is 5.30. The summed E-state index contributed by atoms with van der Waals surface area (Å²) < 4.78 is 6.92. The number of methoxy groups -OCH3 is 1. The maximum absolute atomic E-state index is 12.2. The zero-order chi connectivity index (χ0) is 14.5. The Kier molecular flexibility index (Phi) is 6.01. The molecule has 1 fully saturated rings. The largest absolute Gasteiger partial charge is 0.468 e. The van der Waals surface area contributed by atoms with Crippen LogP contribution in [0.15, 0.2) is 27.1 Å². The molecule has 0 amide bonds. The molecule has 0 aromatic heterocycles. The van der Waals surface area contributed by atoms with Crippen LogP contribution in [0, 0.1) is 0 Å². The van der Waals surface area contributed by atoms with Crippen molar-refractivity contribution in [1.82, 2.24) is 10.2 Å². The van der Waals surface area contributed by atoms with E-state index in [9.17, 15) is 4.79 Å². The molecule has 1 saturated heterocycles. The van der Waals surface area contributed by atoms with E-state index in [1.807, 2.05) is 18.2 Å². The summed E-state index contributed by atoms with van der Waals surface area (Å²) >= 11 is 6.95. The average molecular weight is 406 g/mol. The van der Waals surface area contributed by atoms with E-state index in [0.29, 0.717) is 0 Å². The van der Waals surface area contributed by atoms with E-state index in [-0.39, 0.29) is 12.0 Å². The number of halogens is 2. The van der Waals surface area contributed by atoms with Gasteiger partial charge in [0.25, 0.3) is 0 Å². The normalized spacial score (nSPS) is 18.4.